The molecule has 0 atom stereocenters. The second kappa shape index (κ2) is 6.33. The maximum absolute atomic E-state index is 13.3. The normalized spacial score (nSPS) is 17.7. The number of aryl methyl sites for hydroxylation is 2. The first-order chi connectivity index (χ1) is 11.4. The summed E-state index contributed by atoms with van der Waals surface area (Å²) in [4.78, 5) is 8.74. The van der Waals surface area contributed by atoms with Gasteiger partial charge in [0, 0.05) is 30.6 Å². The lowest BCUT2D eigenvalue weighted by Crippen LogP contribution is -2.32. The zero-order valence-electron chi connectivity index (χ0n) is 14.0. The molecule has 1 saturated carbocycles. The van der Waals surface area contributed by atoms with Crippen molar-refractivity contribution in [2.75, 3.05) is 12.4 Å². The van der Waals surface area contributed by atoms with E-state index in [1.807, 2.05) is 19.9 Å². The Balaban J connectivity index is 1.83. The highest BCUT2D eigenvalue weighted by Gasteiger charge is 2.35. The monoisotopic (exact) mass is 337 g/mol. The Labute approximate surface area is 139 Å². The summed E-state index contributed by atoms with van der Waals surface area (Å²) in [6.45, 7) is 3.84. The number of alkyl halides is 2. The lowest BCUT2D eigenvalue weighted by Gasteiger charge is -2.28. The van der Waals surface area contributed by atoms with Crippen LogP contribution >= 0.6 is 0 Å². The molecular weight excluding hydrogens is 316 g/mol. The van der Waals surface area contributed by atoms with Crippen molar-refractivity contribution in [3.05, 3.63) is 23.5 Å². The number of halogens is 2. The van der Waals surface area contributed by atoms with Crippen molar-refractivity contribution < 1.29 is 13.5 Å². The molecule has 2 aromatic heterocycles. The molecule has 1 fully saturated rings. The van der Waals surface area contributed by atoms with E-state index in [1.165, 1.54) is 7.11 Å². The average Bonchev–Trinajstić information content (AvgIpc) is 2.88. The highest BCUT2D eigenvalue weighted by Crippen LogP contribution is 2.34. The SMILES string of the molecule is COc1cc(-n2nc(C)cc2C)nc(NC2CCC(F)(F)CC2)n1. The van der Waals surface area contributed by atoms with Crippen molar-refractivity contribution in [2.45, 2.75) is 51.5 Å². The second-order valence-corrected chi connectivity index (χ2v) is 6.21. The van der Waals surface area contributed by atoms with Gasteiger partial charge < -0.3 is 10.1 Å². The Bertz CT molecular complexity index is 721. The largest absolute Gasteiger partial charge is 0.481 e. The molecule has 2 aromatic rings. The molecule has 1 aliphatic rings. The highest BCUT2D eigenvalue weighted by molar-refractivity contribution is 5.39. The molecule has 24 heavy (non-hydrogen) atoms. The quantitative estimate of drug-likeness (QED) is 0.927. The molecule has 130 valence electrons. The number of hydrogen-bond donors (Lipinski definition) is 1. The van der Waals surface area contributed by atoms with Crippen molar-refractivity contribution >= 4 is 5.95 Å². The summed E-state index contributed by atoms with van der Waals surface area (Å²) in [7, 11) is 1.53. The van der Waals surface area contributed by atoms with Crippen LogP contribution in [-0.2, 0) is 0 Å². The van der Waals surface area contributed by atoms with Gasteiger partial charge in [-0.1, -0.05) is 0 Å². The highest BCUT2D eigenvalue weighted by atomic mass is 19.3. The summed E-state index contributed by atoms with van der Waals surface area (Å²) in [5.41, 5.74) is 1.82. The first-order valence-corrected chi connectivity index (χ1v) is 7.97. The van der Waals surface area contributed by atoms with E-state index < -0.39 is 5.92 Å². The molecule has 6 nitrogen and oxygen atoms in total. The van der Waals surface area contributed by atoms with E-state index in [-0.39, 0.29) is 18.9 Å². The van der Waals surface area contributed by atoms with Crippen LogP contribution in [0.5, 0.6) is 5.88 Å². The minimum atomic E-state index is -2.55. The summed E-state index contributed by atoms with van der Waals surface area (Å²) < 4.78 is 33.5. The van der Waals surface area contributed by atoms with Crippen molar-refractivity contribution in [1.29, 1.82) is 0 Å². The second-order valence-electron chi connectivity index (χ2n) is 6.21. The molecule has 1 N–H and O–H groups in total. The third-order valence-corrected chi connectivity index (χ3v) is 4.18. The van der Waals surface area contributed by atoms with Gasteiger partial charge in [-0.2, -0.15) is 15.1 Å². The van der Waals surface area contributed by atoms with Crippen LogP contribution < -0.4 is 10.1 Å². The Morgan fingerprint density at radius 2 is 1.92 bits per heavy atom. The fourth-order valence-corrected chi connectivity index (χ4v) is 2.92. The maximum Gasteiger partial charge on any atom is 0.248 e. The van der Waals surface area contributed by atoms with Gasteiger partial charge in [-0.25, -0.2) is 13.5 Å². The van der Waals surface area contributed by atoms with Gasteiger partial charge in [0.15, 0.2) is 5.82 Å². The zero-order valence-corrected chi connectivity index (χ0v) is 14.0. The van der Waals surface area contributed by atoms with Gasteiger partial charge in [0.2, 0.25) is 17.8 Å². The third kappa shape index (κ3) is 3.63. The van der Waals surface area contributed by atoms with Crippen molar-refractivity contribution in [3.63, 3.8) is 0 Å². The van der Waals surface area contributed by atoms with Gasteiger partial charge in [0.1, 0.15) is 0 Å². The molecule has 8 heteroatoms. The molecule has 2 heterocycles. The van der Waals surface area contributed by atoms with Gasteiger partial charge in [-0.15, -0.1) is 0 Å². The number of anilines is 1. The number of rotatable bonds is 4. The number of nitrogens with one attached hydrogen (secondary N) is 1. The molecule has 1 aliphatic carbocycles. The van der Waals surface area contributed by atoms with Gasteiger partial charge in [0.05, 0.1) is 12.8 Å². The maximum atomic E-state index is 13.3. The Morgan fingerprint density at radius 1 is 1.21 bits per heavy atom. The predicted molar refractivity (Wildman–Crippen MR) is 86.0 cm³/mol. The fourth-order valence-electron chi connectivity index (χ4n) is 2.92. The number of hydrogen-bond acceptors (Lipinski definition) is 5. The standard InChI is InChI=1S/C16H21F2N5O/c1-10-8-11(2)23(22-10)13-9-14(24-3)21-15(20-13)19-12-4-6-16(17,18)7-5-12/h8-9,12H,4-7H2,1-3H3,(H,19,20,21). The molecule has 0 amide bonds. The number of ether oxygens (including phenoxy) is 1. The molecule has 0 unspecified atom stereocenters. The number of methoxy groups -OCH3 is 1. The Kier molecular flexibility index (Phi) is 4.38. The van der Waals surface area contributed by atoms with E-state index in [0.717, 1.165) is 11.4 Å². The lowest BCUT2D eigenvalue weighted by molar-refractivity contribution is -0.0361. The average molecular weight is 337 g/mol. The van der Waals surface area contributed by atoms with Gasteiger partial charge >= 0.3 is 0 Å². The molecule has 0 saturated heterocycles. The van der Waals surface area contributed by atoms with E-state index in [1.54, 1.807) is 10.7 Å². The van der Waals surface area contributed by atoms with Crippen LogP contribution in [0.2, 0.25) is 0 Å². The molecule has 0 aromatic carbocycles. The van der Waals surface area contributed by atoms with E-state index in [0.29, 0.717) is 30.5 Å². The topological polar surface area (TPSA) is 64.9 Å². The molecule has 0 aliphatic heterocycles. The van der Waals surface area contributed by atoms with Crippen LogP contribution in [0.4, 0.5) is 14.7 Å². The zero-order chi connectivity index (χ0) is 17.3. The van der Waals surface area contributed by atoms with Gasteiger partial charge in [-0.05, 0) is 32.8 Å². The smallest absolute Gasteiger partial charge is 0.248 e. The van der Waals surface area contributed by atoms with Crippen molar-refractivity contribution in [1.82, 2.24) is 19.7 Å². The van der Waals surface area contributed by atoms with Gasteiger partial charge in [-0.3, -0.25) is 0 Å². The van der Waals surface area contributed by atoms with Crippen LogP contribution in [0.15, 0.2) is 12.1 Å². The lowest BCUT2D eigenvalue weighted by atomic mass is 9.92. The molecule has 0 bridgehead atoms. The number of aromatic nitrogens is 4. The third-order valence-electron chi connectivity index (χ3n) is 4.18. The summed E-state index contributed by atoms with van der Waals surface area (Å²) >= 11 is 0. The van der Waals surface area contributed by atoms with Gasteiger partial charge in [0.25, 0.3) is 0 Å². The summed E-state index contributed by atoms with van der Waals surface area (Å²) in [6.07, 6.45) is 0.559. The van der Waals surface area contributed by atoms with E-state index in [4.69, 9.17) is 4.74 Å². The minimum absolute atomic E-state index is 0.0648. The Morgan fingerprint density at radius 3 is 2.50 bits per heavy atom. The number of nitrogens with zero attached hydrogens (tertiary/aromatic N) is 4. The molecule has 0 spiro atoms. The van der Waals surface area contributed by atoms with Crippen LogP contribution in [0.3, 0.4) is 0 Å². The van der Waals surface area contributed by atoms with Crippen LogP contribution in [-0.4, -0.2) is 38.8 Å². The van der Waals surface area contributed by atoms with Crippen molar-refractivity contribution in [2.24, 2.45) is 0 Å². The summed E-state index contributed by atoms with van der Waals surface area (Å²) in [6, 6.07) is 3.58. The van der Waals surface area contributed by atoms with Crippen molar-refractivity contribution in [3.8, 4) is 11.7 Å². The van der Waals surface area contributed by atoms with Crippen LogP contribution in [0.1, 0.15) is 37.1 Å². The van der Waals surface area contributed by atoms with E-state index >= 15 is 0 Å². The van der Waals surface area contributed by atoms with E-state index in [2.05, 4.69) is 20.4 Å². The Hall–Kier alpha value is -2.25. The minimum Gasteiger partial charge on any atom is -0.481 e. The summed E-state index contributed by atoms with van der Waals surface area (Å²) in [5.74, 6) is -1.21. The van der Waals surface area contributed by atoms with Crippen LogP contribution in [0.25, 0.3) is 5.82 Å². The van der Waals surface area contributed by atoms with E-state index in [9.17, 15) is 8.78 Å². The first-order valence-electron chi connectivity index (χ1n) is 7.97. The molecule has 3 rings (SSSR count). The first kappa shape index (κ1) is 16.6. The molecular formula is C16H21F2N5O. The summed E-state index contributed by atoms with van der Waals surface area (Å²) in [5, 5.41) is 7.56. The fraction of sp³-hybridized carbons (Fsp3) is 0.562. The predicted octanol–water partition coefficient (Wildman–Crippen LogP) is 3.28. The molecule has 0 radical (unpaired) electrons. The van der Waals surface area contributed by atoms with Crippen LogP contribution in [0, 0.1) is 13.8 Å².